The second-order valence-electron chi connectivity index (χ2n) is 5.11. The zero-order valence-corrected chi connectivity index (χ0v) is 13.5. The van der Waals surface area contributed by atoms with E-state index in [2.05, 4.69) is 10.3 Å². The highest BCUT2D eigenvalue weighted by Crippen LogP contribution is 2.30. The zero-order valence-electron chi connectivity index (χ0n) is 11.9. The smallest absolute Gasteiger partial charge is 0.257 e. The number of hydrogen-bond acceptors (Lipinski definition) is 4. The summed E-state index contributed by atoms with van der Waals surface area (Å²) in [5.74, 6) is 0.700. The van der Waals surface area contributed by atoms with E-state index in [9.17, 15) is 4.79 Å². The van der Waals surface area contributed by atoms with Crippen molar-refractivity contribution >= 4 is 29.6 Å². The molecular formula is C16H16ClN3OS. The van der Waals surface area contributed by atoms with Crippen LogP contribution >= 0.6 is 23.4 Å². The molecule has 0 fully saturated rings. The molecule has 0 unspecified atom stereocenters. The number of pyridine rings is 1. The van der Waals surface area contributed by atoms with Gasteiger partial charge in [-0.3, -0.25) is 4.79 Å². The first kappa shape index (κ1) is 15.3. The molecule has 1 aliphatic rings. The van der Waals surface area contributed by atoms with E-state index in [4.69, 9.17) is 17.0 Å². The molecule has 114 valence electrons. The number of thioether (sulfide) groups is 1. The van der Waals surface area contributed by atoms with Crippen molar-refractivity contribution in [2.24, 2.45) is 0 Å². The van der Waals surface area contributed by atoms with Crippen LogP contribution in [0.4, 0.5) is 0 Å². The normalized spacial score (nSPS) is 13.7. The van der Waals surface area contributed by atoms with Gasteiger partial charge in [-0.15, -0.1) is 11.8 Å². The Morgan fingerprint density at radius 1 is 1.32 bits per heavy atom. The summed E-state index contributed by atoms with van der Waals surface area (Å²) in [6.45, 7) is 1.56. The summed E-state index contributed by atoms with van der Waals surface area (Å²) >= 11 is 7.77. The Balaban J connectivity index is 1.94. The minimum absolute atomic E-state index is 0.183. The third-order valence-electron chi connectivity index (χ3n) is 3.76. The lowest BCUT2D eigenvalue weighted by Gasteiger charge is -2.21. The number of hydrogen-bond donors (Lipinski definition) is 3. The molecule has 3 N–H and O–H groups in total. The van der Waals surface area contributed by atoms with E-state index >= 15 is 0 Å². The molecule has 0 spiro atoms. The summed E-state index contributed by atoms with van der Waals surface area (Å²) in [4.78, 5) is 15.1. The number of H-pyrrole nitrogens is 1. The van der Waals surface area contributed by atoms with Gasteiger partial charge in [-0.05, 0) is 30.2 Å². The maximum Gasteiger partial charge on any atom is 0.257 e. The van der Waals surface area contributed by atoms with Crippen LogP contribution in [0.3, 0.4) is 0 Å². The molecule has 0 radical (unpaired) electrons. The molecule has 6 heteroatoms. The summed E-state index contributed by atoms with van der Waals surface area (Å²) in [7, 11) is 0. The summed E-state index contributed by atoms with van der Waals surface area (Å²) in [5.41, 5.74) is 3.44. The van der Waals surface area contributed by atoms with Crippen LogP contribution in [0.5, 0.6) is 0 Å². The van der Waals surface area contributed by atoms with Gasteiger partial charge in [0.15, 0.2) is 0 Å². The average molecular weight is 334 g/mol. The van der Waals surface area contributed by atoms with Gasteiger partial charge in [0.1, 0.15) is 0 Å². The minimum atomic E-state index is -0.183. The molecule has 1 aromatic heterocycles. The molecule has 0 atom stereocenters. The quantitative estimate of drug-likeness (QED) is 0.595. The van der Waals surface area contributed by atoms with Crippen LogP contribution in [0, 0.1) is 5.41 Å². The van der Waals surface area contributed by atoms with Gasteiger partial charge in [-0.1, -0.05) is 29.8 Å². The molecule has 2 heterocycles. The Morgan fingerprint density at radius 2 is 2.14 bits per heavy atom. The number of aromatic nitrogens is 1. The van der Waals surface area contributed by atoms with E-state index < -0.39 is 0 Å². The monoisotopic (exact) mass is 333 g/mol. The predicted molar refractivity (Wildman–Crippen MR) is 91.4 cm³/mol. The Morgan fingerprint density at radius 3 is 2.91 bits per heavy atom. The topological polar surface area (TPSA) is 68.7 Å². The Labute approximate surface area is 137 Å². The van der Waals surface area contributed by atoms with Crippen molar-refractivity contribution in [1.82, 2.24) is 10.3 Å². The Kier molecular flexibility index (Phi) is 4.66. The van der Waals surface area contributed by atoms with Crippen LogP contribution in [-0.2, 0) is 18.7 Å². The fourth-order valence-electron chi connectivity index (χ4n) is 2.62. The molecule has 0 saturated carbocycles. The SMILES string of the molecule is N=Cc1c2c(c(SCc3ccccc3Cl)[nH]c1=O)CNCC2. The third-order valence-corrected chi connectivity index (χ3v) is 5.22. The molecule has 4 nitrogen and oxygen atoms in total. The van der Waals surface area contributed by atoms with Crippen LogP contribution in [0.2, 0.25) is 5.02 Å². The van der Waals surface area contributed by atoms with Crippen molar-refractivity contribution in [1.29, 1.82) is 5.41 Å². The largest absolute Gasteiger partial charge is 0.316 e. The van der Waals surface area contributed by atoms with E-state index in [1.165, 1.54) is 0 Å². The highest BCUT2D eigenvalue weighted by Gasteiger charge is 2.19. The average Bonchev–Trinajstić information content (AvgIpc) is 2.54. The van der Waals surface area contributed by atoms with Crippen molar-refractivity contribution in [3.63, 3.8) is 0 Å². The number of benzene rings is 1. The van der Waals surface area contributed by atoms with Gasteiger partial charge < -0.3 is 15.7 Å². The number of halogens is 1. The molecule has 0 aliphatic carbocycles. The van der Waals surface area contributed by atoms with E-state index in [-0.39, 0.29) is 5.56 Å². The van der Waals surface area contributed by atoms with Gasteiger partial charge in [-0.25, -0.2) is 0 Å². The molecule has 1 aliphatic heterocycles. The van der Waals surface area contributed by atoms with Crippen LogP contribution in [0.1, 0.15) is 22.3 Å². The third kappa shape index (κ3) is 2.97. The first-order valence-electron chi connectivity index (χ1n) is 7.06. The standard InChI is InChI=1S/C16H16ClN3OS/c17-14-4-2-1-3-10(14)9-22-16-13-8-19-6-5-11(13)12(7-18)15(21)20-16/h1-4,7,18-19H,5-6,8-9H2,(H,20,21). The molecular weight excluding hydrogens is 318 g/mol. The maximum atomic E-state index is 12.2. The lowest BCUT2D eigenvalue weighted by atomic mass is 9.99. The van der Waals surface area contributed by atoms with Crippen LogP contribution in [-0.4, -0.2) is 17.7 Å². The molecule has 1 aromatic carbocycles. The van der Waals surface area contributed by atoms with E-state index in [1.807, 2.05) is 24.3 Å². The van der Waals surface area contributed by atoms with Crippen LogP contribution < -0.4 is 10.9 Å². The molecule has 0 saturated heterocycles. The Bertz CT molecular complexity index is 772. The van der Waals surface area contributed by atoms with Crippen molar-refractivity contribution in [2.45, 2.75) is 23.7 Å². The molecule has 0 amide bonds. The number of fused-ring (bicyclic) bond motifs is 1. The fourth-order valence-corrected chi connectivity index (χ4v) is 3.99. The second-order valence-corrected chi connectivity index (χ2v) is 6.50. The minimum Gasteiger partial charge on any atom is -0.316 e. The zero-order chi connectivity index (χ0) is 15.5. The second kappa shape index (κ2) is 6.69. The summed E-state index contributed by atoms with van der Waals surface area (Å²) in [5, 5.41) is 12.4. The number of nitrogens with one attached hydrogen (secondary N) is 3. The Hall–Kier alpha value is -1.56. The van der Waals surface area contributed by atoms with Crippen LogP contribution in [0.15, 0.2) is 34.1 Å². The van der Waals surface area contributed by atoms with Crippen molar-refractivity contribution < 1.29 is 0 Å². The van der Waals surface area contributed by atoms with Crippen LogP contribution in [0.25, 0.3) is 0 Å². The van der Waals surface area contributed by atoms with Gasteiger partial charge in [0.25, 0.3) is 5.56 Å². The first-order valence-corrected chi connectivity index (χ1v) is 8.42. The molecule has 22 heavy (non-hydrogen) atoms. The molecule has 0 bridgehead atoms. The van der Waals surface area contributed by atoms with Gasteiger partial charge in [0, 0.05) is 29.1 Å². The molecule has 2 aromatic rings. The van der Waals surface area contributed by atoms with Crippen molar-refractivity contribution in [2.75, 3.05) is 6.54 Å². The predicted octanol–water partition coefficient (Wildman–Crippen LogP) is 2.96. The van der Waals surface area contributed by atoms with Crippen molar-refractivity contribution in [3.8, 4) is 0 Å². The number of aromatic amines is 1. The van der Waals surface area contributed by atoms with Gasteiger partial charge in [0.2, 0.25) is 0 Å². The van der Waals surface area contributed by atoms with E-state index in [1.54, 1.807) is 11.8 Å². The van der Waals surface area contributed by atoms with E-state index in [0.29, 0.717) is 11.3 Å². The lowest BCUT2D eigenvalue weighted by molar-refractivity contribution is 0.625. The van der Waals surface area contributed by atoms with E-state index in [0.717, 1.165) is 52.5 Å². The summed E-state index contributed by atoms with van der Waals surface area (Å²) < 4.78 is 0. The first-order chi connectivity index (χ1) is 10.7. The summed E-state index contributed by atoms with van der Waals surface area (Å²) in [6, 6.07) is 7.72. The summed E-state index contributed by atoms with van der Waals surface area (Å²) in [6.07, 6.45) is 1.94. The van der Waals surface area contributed by atoms with Gasteiger partial charge in [0.05, 0.1) is 10.6 Å². The fraction of sp³-hybridized carbons (Fsp3) is 0.250. The van der Waals surface area contributed by atoms with Crippen molar-refractivity contribution in [3.05, 3.63) is 61.9 Å². The van der Waals surface area contributed by atoms with Gasteiger partial charge in [-0.2, -0.15) is 0 Å². The highest BCUT2D eigenvalue weighted by atomic mass is 35.5. The number of rotatable bonds is 4. The lowest BCUT2D eigenvalue weighted by Crippen LogP contribution is -2.29. The maximum absolute atomic E-state index is 12.2. The highest BCUT2D eigenvalue weighted by molar-refractivity contribution is 7.98. The molecule has 3 rings (SSSR count). The van der Waals surface area contributed by atoms with Gasteiger partial charge >= 0.3 is 0 Å².